The Hall–Kier alpha value is -4.00. The van der Waals surface area contributed by atoms with Crippen molar-refractivity contribution in [2.75, 3.05) is 32.7 Å². The summed E-state index contributed by atoms with van der Waals surface area (Å²) in [4.78, 5) is 25.3. The Morgan fingerprint density at radius 1 is 0.829 bits per heavy atom. The lowest BCUT2D eigenvalue weighted by atomic mass is 10.1. The van der Waals surface area contributed by atoms with Crippen LogP contribution in [-0.4, -0.2) is 39.2 Å². The van der Waals surface area contributed by atoms with Crippen molar-refractivity contribution in [3.63, 3.8) is 0 Å². The van der Waals surface area contributed by atoms with Crippen LogP contribution in [0.2, 0.25) is 0 Å². The summed E-state index contributed by atoms with van der Waals surface area (Å²) in [5.74, 6) is 1.09. The van der Waals surface area contributed by atoms with Crippen molar-refractivity contribution < 1.29 is 23.8 Å². The molecule has 7 heteroatoms. The standard InChI is InChI=1S/C28H32N2O5/c1-18-14-19(2)27(20(3)15-18)30-26(31)17-35-23-9-7-6-8-22(23)28(32)29-13-12-21-10-11-24(33-4)25(16-21)34-5/h6-11,14-16H,12-13,17H2,1-5H3,(H,29,32)(H,30,31). The summed E-state index contributed by atoms with van der Waals surface area (Å²) in [6.45, 7) is 6.15. The molecule has 0 saturated heterocycles. The van der Waals surface area contributed by atoms with E-state index in [1.54, 1.807) is 38.5 Å². The van der Waals surface area contributed by atoms with Gasteiger partial charge in [-0.3, -0.25) is 9.59 Å². The smallest absolute Gasteiger partial charge is 0.262 e. The second kappa shape index (κ2) is 11.9. The number of anilines is 1. The molecule has 0 atom stereocenters. The molecule has 0 radical (unpaired) electrons. The zero-order chi connectivity index (χ0) is 25.4. The summed E-state index contributed by atoms with van der Waals surface area (Å²) < 4.78 is 16.3. The van der Waals surface area contributed by atoms with Gasteiger partial charge in [-0.2, -0.15) is 0 Å². The van der Waals surface area contributed by atoms with E-state index in [1.807, 2.05) is 51.1 Å². The number of carbonyl (C=O) groups excluding carboxylic acids is 2. The first-order valence-corrected chi connectivity index (χ1v) is 11.4. The highest BCUT2D eigenvalue weighted by Gasteiger charge is 2.14. The molecule has 3 aromatic carbocycles. The maximum absolute atomic E-state index is 12.8. The molecule has 0 aliphatic heterocycles. The topological polar surface area (TPSA) is 85.9 Å². The number of carbonyl (C=O) groups is 2. The van der Waals surface area contributed by atoms with Crippen molar-refractivity contribution >= 4 is 17.5 Å². The Kier molecular flexibility index (Phi) is 8.73. The Morgan fingerprint density at radius 2 is 1.51 bits per heavy atom. The van der Waals surface area contributed by atoms with E-state index in [4.69, 9.17) is 14.2 Å². The molecule has 0 aliphatic carbocycles. The molecule has 0 aromatic heterocycles. The van der Waals surface area contributed by atoms with E-state index in [1.165, 1.54) is 0 Å². The zero-order valence-corrected chi connectivity index (χ0v) is 20.9. The van der Waals surface area contributed by atoms with Crippen LogP contribution in [0.1, 0.15) is 32.6 Å². The largest absolute Gasteiger partial charge is 0.493 e. The average molecular weight is 477 g/mol. The van der Waals surface area contributed by atoms with Gasteiger partial charge in [0.2, 0.25) is 0 Å². The zero-order valence-electron chi connectivity index (χ0n) is 20.9. The van der Waals surface area contributed by atoms with E-state index in [2.05, 4.69) is 10.6 Å². The lowest BCUT2D eigenvalue weighted by molar-refractivity contribution is -0.118. The minimum Gasteiger partial charge on any atom is -0.493 e. The molecule has 0 aliphatic rings. The third-order valence-corrected chi connectivity index (χ3v) is 5.58. The highest BCUT2D eigenvalue weighted by molar-refractivity contribution is 5.97. The first-order chi connectivity index (χ1) is 16.8. The molecule has 35 heavy (non-hydrogen) atoms. The van der Waals surface area contributed by atoms with Crippen LogP contribution < -0.4 is 24.8 Å². The van der Waals surface area contributed by atoms with E-state index >= 15 is 0 Å². The van der Waals surface area contributed by atoms with Gasteiger partial charge >= 0.3 is 0 Å². The number of methoxy groups -OCH3 is 2. The number of para-hydroxylation sites is 1. The van der Waals surface area contributed by atoms with Crippen LogP contribution in [0, 0.1) is 20.8 Å². The highest BCUT2D eigenvalue weighted by atomic mass is 16.5. The van der Waals surface area contributed by atoms with Gasteiger partial charge in [0, 0.05) is 12.2 Å². The van der Waals surface area contributed by atoms with Crippen molar-refractivity contribution in [1.82, 2.24) is 5.32 Å². The number of nitrogens with one attached hydrogen (secondary N) is 2. The van der Waals surface area contributed by atoms with Crippen LogP contribution in [0.4, 0.5) is 5.69 Å². The molecular weight excluding hydrogens is 444 g/mol. The van der Waals surface area contributed by atoms with E-state index in [0.717, 1.165) is 27.9 Å². The molecular formula is C28H32N2O5. The van der Waals surface area contributed by atoms with E-state index in [-0.39, 0.29) is 18.4 Å². The summed E-state index contributed by atoms with van der Waals surface area (Å²) in [5, 5.41) is 5.82. The van der Waals surface area contributed by atoms with Crippen molar-refractivity contribution in [2.24, 2.45) is 0 Å². The number of amides is 2. The van der Waals surface area contributed by atoms with Crippen LogP contribution in [-0.2, 0) is 11.2 Å². The molecule has 3 aromatic rings. The number of benzene rings is 3. The molecule has 0 spiro atoms. The van der Waals surface area contributed by atoms with E-state index in [9.17, 15) is 9.59 Å². The third-order valence-electron chi connectivity index (χ3n) is 5.58. The van der Waals surface area contributed by atoms with Gasteiger partial charge in [0.1, 0.15) is 5.75 Å². The molecule has 0 bridgehead atoms. The van der Waals surface area contributed by atoms with Crippen molar-refractivity contribution in [3.8, 4) is 17.2 Å². The van der Waals surface area contributed by atoms with Gasteiger partial charge in [-0.05, 0) is 68.1 Å². The fraction of sp³-hybridized carbons (Fsp3) is 0.286. The molecule has 0 saturated carbocycles. The van der Waals surface area contributed by atoms with Crippen LogP contribution in [0.5, 0.6) is 17.2 Å². The molecule has 7 nitrogen and oxygen atoms in total. The van der Waals surface area contributed by atoms with Crippen LogP contribution in [0.15, 0.2) is 54.6 Å². The monoisotopic (exact) mass is 476 g/mol. The molecule has 0 unspecified atom stereocenters. The quantitative estimate of drug-likeness (QED) is 0.446. The lowest BCUT2D eigenvalue weighted by Gasteiger charge is -2.14. The molecule has 3 rings (SSSR count). The second-order valence-electron chi connectivity index (χ2n) is 8.30. The van der Waals surface area contributed by atoms with Gasteiger partial charge in [0.25, 0.3) is 11.8 Å². The van der Waals surface area contributed by atoms with Crippen LogP contribution in [0.3, 0.4) is 0 Å². The molecule has 2 amide bonds. The molecule has 2 N–H and O–H groups in total. The number of rotatable bonds is 10. The van der Waals surface area contributed by atoms with Gasteiger partial charge < -0.3 is 24.8 Å². The third kappa shape index (κ3) is 6.76. The Bertz CT molecular complexity index is 1180. The summed E-state index contributed by atoms with van der Waals surface area (Å²) in [7, 11) is 3.18. The van der Waals surface area contributed by atoms with E-state index < -0.39 is 0 Å². The fourth-order valence-electron chi connectivity index (χ4n) is 3.93. The second-order valence-corrected chi connectivity index (χ2v) is 8.30. The maximum Gasteiger partial charge on any atom is 0.262 e. The molecule has 0 heterocycles. The average Bonchev–Trinajstić information content (AvgIpc) is 2.84. The van der Waals surface area contributed by atoms with Gasteiger partial charge in [-0.15, -0.1) is 0 Å². The van der Waals surface area contributed by atoms with Crippen LogP contribution in [0.25, 0.3) is 0 Å². The van der Waals surface area contributed by atoms with Gasteiger partial charge in [-0.1, -0.05) is 35.9 Å². The minimum atomic E-state index is -0.288. The van der Waals surface area contributed by atoms with Gasteiger partial charge in [-0.25, -0.2) is 0 Å². The normalized spacial score (nSPS) is 10.4. The van der Waals surface area contributed by atoms with E-state index in [0.29, 0.717) is 35.8 Å². The lowest BCUT2D eigenvalue weighted by Crippen LogP contribution is -2.27. The highest BCUT2D eigenvalue weighted by Crippen LogP contribution is 2.27. The summed E-state index contributed by atoms with van der Waals surface area (Å²) in [6.07, 6.45) is 0.618. The summed E-state index contributed by atoms with van der Waals surface area (Å²) in [6, 6.07) is 16.6. The van der Waals surface area contributed by atoms with Crippen molar-refractivity contribution in [2.45, 2.75) is 27.2 Å². The predicted molar refractivity (Wildman–Crippen MR) is 137 cm³/mol. The Morgan fingerprint density at radius 3 is 2.20 bits per heavy atom. The molecule has 184 valence electrons. The summed E-state index contributed by atoms with van der Waals surface area (Å²) in [5.41, 5.74) is 5.28. The number of aryl methyl sites for hydroxylation is 3. The molecule has 0 fully saturated rings. The first kappa shape index (κ1) is 25.6. The Balaban J connectivity index is 1.57. The number of hydrogen-bond donors (Lipinski definition) is 2. The fourth-order valence-corrected chi connectivity index (χ4v) is 3.93. The van der Waals surface area contributed by atoms with Crippen LogP contribution >= 0.6 is 0 Å². The first-order valence-electron chi connectivity index (χ1n) is 11.4. The predicted octanol–water partition coefficient (Wildman–Crippen LogP) is 4.62. The number of hydrogen-bond acceptors (Lipinski definition) is 5. The van der Waals surface area contributed by atoms with Crippen molar-refractivity contribution in [1.29, 1.82) is 0 Å². The summed E-state index contributed by atoms with van der Waals surface area (Å²) >= 11 is 0. The SMILES string of the molecule is COc1ccc(CCNC(=O)c2ccccc2OCC(=O)Nc2c(C)cc(C)cc2C)cc1OC. The van der Waals surface area contributed by atoms with Crippen molar-refractivity contribution in [3.05, 3.63) is 82.4 Å². The Labute approximate surface area is 206 Å². The minimum absolute atomic E-state index is 0.206. The van der Waals surface area contributed by atoms with Gasteiger partial charge in [0.05, 0.1) is 19.8 Å². The number of ether oxygens (including phenoxy) is 3. The maximum atomic E-state index is 12.8. The van der Waals surface area contributed by atoms with Gasteiger partial charge in [0.15, 0.2) is 18.1 Å².